The molecule has 17 heteroatoms. The summed E-state index contributed by atoms with van der Waals surface area (Å²) in [5, 5.41) is 35.7. The van der Waals surface area contributed by atoms with E-state index >= 15 is 0 Å². The van der Waals surface area contributed by atoms with Crippen molar-refractivity contribution in [3.8, 4) is 0 Å². The van der Waals surface area contributed by atoms with Gasteiger partial charge in [-0.25, -0.2) is 4.79 Å². The molecular formula is C52H79N5O12. The van der Waals surface area contributed by atoms with Crippen LogP contribution in [0.4, 0.5) is 0 Å². The molecule has 384 valence electrons. The van der Waals surface area contributed by atoms with Crippen molar-refractivity contribution < 1.29 is 57.9 Å². The first kappa shape index (κ1) is 55.7. The number of hydrogen-bond donors (Lipinski definition) is 2. The Balaban J connectivity index is 1.46. The van der Waals surface area contributed by atoms with Crippen molar-refractivity contribution in [2.45, 2.75) is 180 Å². The van der Waals surface area contributed by atoms with Crippen LogP contribution in [-0.2, 0) is 47.7 Å². The molecule has 0 radical (unpaired) electrons. The van der Waals surface area contributed by atoms with Gasteiger partial charge >= 0.3 is 5.97 Å². The molecule has 0 spiro atoms. The minimum Gasteiger partial charge on any atom is -0.460 e. The monoisotopic (exact) mass is 966 g/mol. The molecular weight excluding hydrogens is 887 g/mol. The van der Waals surface area contributed by atoms with Gasteiger partial charge < -0.3 is 38.8 Å². The molecule has 4 aliphatic rings. The zero-order valence-corrected chi connectivity index (χ0v) is 42.5. The quantitative estimate of drug-likeness (QED) is 0.235. The summed E-state index contributed by atoms with van der Waals surface area (Å²) in [4.78, 5) is 73.9. The largest absolute Gasteiger partial charge is 0.460 e. The Kier molecular flexibility index (Phi) is 20.8. The highest BCUT2D eigenvalue weighted by Crippen LogP contribution is 2.39. The van der Waals surface area contributed by atoms with E-state index in [1.807, 2.05) is 58.1 Å². The number of tetrazole rings is 1. The molecule has 5 rings (SSSR count). The molecule has 1 aromatic heterocycles. The van der Waals surface area contributed by atoms with Gasteiger partial charge in [-0.05, 0) is 112 Å². The van der Waals surface area contributed by atoms with Gasteiger partial charge in [-0.15, -0.1) is 10.2 Å². The summed E-state index contributed by atoms with van der Waals surface area (Å²) >= 11 is 0. The Bertz CT molecular complexity index is 2020. The molecule has 1 saturated carbocycles. The third-order valence-corrected chi connectivity index (χ3v) is 15.2. The first-order chi connectivity index (χ1) is 32.8. The number of amides is 1. The van der Waals surface area contributed by atoms with Gasteiger partial charge in [0.15, 0.2) is 17.9 Å². The molecule has 2 saturated heterocycles. The highest BCUT2D eigenvalue weighted by molar-refractivity contribution is 6.39. The van der Waals surface area contributed by atoms with E-state index in [4.69, 9.17) is 23.7 Å². The summed E-state index contributed by atoms with van der Waals surface area (Å²) in [7, 11) is 4.62. The maximum absolute atomic E-state index is 14.5. The second kappa shape index (κ2) is 25.7. The molecule has 2 unspecified atom stereocenters. The van der Waals surface area contributed by atoms with Gasteiger partial charge in [0, 0.05) is 58.5 Å². The Morgan fingerprint density at radius 2 is 1.65 bits per heavy atom. The number of methoxy groups -OCH3 is 3. The molecule has 1 aliphatic carbocycles. The highest BCUT2D eigenvalue weighted by Gasteiger charge is 2.53. The molecule has 1 amide bonds. The van der Waals surface area contributed by atoms with E-state index in [-0.39, 0.29) is 60.9 Å². The molecule has 1 aromatic rings. The molecule has 4 heterocycles. The molecule has 0 aromatic carbocycles. The van der Waals surface area contributed by atoms with Gasteiger partial charge in [-0.1, -0.05) is 71.1 Å². The maximum atomic E-state index is 14.5. The van der Waals surface area contributed by atoms with Crippen LogP contribution in [0.5, 0.6) is 0 Å². The zero-order valence-electron chi connectivity index (χ0n) is 42.5. The van der Waals surface area contributed by atoms with Crippen LogP contribution in [0.25, 0.3) is 0 Å². The van der Waals surface area contributed by atoms with Gasteiger partial charge in [-0.2, -0.15) is 4.80 Å². The summed E-state index contributed by atoms with van der Waals surface area (Å²) in [6, 6.07) is -1.25. The summed E-state index contributed by atoms with van der Waals surface area (Å²) in [6.45, 7) is 12.8. The number of Topliss-reactive ketones (excluding diaryl/α,β-unsaturated/α-hetero) is 3. The van der Waals surface area contributed by atoms with E-state index in [1.165, 1.54) is 18.3 Å². The lowest BCUT2D eigenvalue weighted by Gasteiger charge is -2.42. The fraction of sp³-hybridized carbons (Fsp3) is 0.731. The third kappa shape index (κ3) is 14.2. The minimum absolute atomic E-state index is 0.0195. The van der Waals surface area contributed by atoms with Crippen LogP contribution in [0.2, 0.25) is 0 Å². The lowest BCUT2D eigenvalue weighted by atomic mass is 9.78. The van der Waals surface area contributed by atoms with E-state index in [9.17, 15) is 34.2 Å². The van der Waals surface area contributed by atoms with Crippen molar-refractivity contribution in [1.82, 2.24) is 25.1 Å². The first-order valence-electron chi connectivity index (χ1n) is 25.0. The van der Waals surface area contributed by atoms with Crippen LogP contribution in [0.15, 0.2) is 53.9 Å². The van der Waals surface area contributed by atoms with Crippen LogP contribution in [0.1, 0.15) is 132 Å². The minimum atomic E-state index is -2.43. The maximum Gasteiger partial charge on any atom is 0.329 e. The Labute approximate surface area is 408 Å². The van der Waals surface area contributed by atoms with E-state index in [0.717, 1.165) is 18.4 Å². The molecule has 17 nitrogen and oxygen atoms in total. The number of aromatic nitrogens is 4. The number of ketones is 3. The second-order valence-electron chi connectivity index (χ2n) is 20.4. The number of cyclic esters (lactones) is 1. The Morgan fingerprint density at radius 1 is 0.899 bits per heavy atom. The number of ether oxygens (including phenoxy) is 5. The van der Waals surface area contributed by atoms with Crippen molar-refractivity contribution >= 4 is 29.2 Å². The van der Waals surface area contributed by atoms with Crippen molar-refractivity contribution in [1.29, 1.82) is 0 Å². The van der Waals surface area contributed by atoms with Crippen molar-refractivity contribution in [2.75, 3.05) is 27.9 Å². The van der Waals surface area contributed by atoms with Crippen molar-refractivity contribution in [2.24, 2.45) is 35.5 Å². The van der Waals surface area contributed by atoms with E-state index in [1.54, 1.807) is 45.9 Å². The lowest BCUT2D eigenvalue weighted by Crippen LogP contribution is -2.61. The number of fused-ring (bicyclic) bond motifs is 3. The number of allylic oxidation sites excluding steroid dienone is 6. The fourth-order valence-electron chi connectivity index (χ4n) is 10.7. The molecule has 3 aliphatic heterocycles. The summed E-state index contributed by atoms with van der Waals surface area (Å²) in [5.74, 6) is -7.91. The summed E-state index contributed by atoms with van der Waals surface area (Å²) in [5.41, 5.74) is 1.20. The van der Waals surface area contributed by atoms with Gasteiger partial charge in [0.2, 0.25) is 5.79 Å². The van der Waals surface area contributed by atoms with Crippen molar-refractivity contribution in [3.05, 3.63) is 53.9 Å². The number of piperidine rings is 1. The lowest BCUT2D eigenvalue weighted by molar-refractivity contribution is -0.265. The van der Waals surface area contributed by atoms with Crippen LogP contribution < -0.4 is 0 Å². The van der Waals surface area contributed by atoms with Crippen molar-refractivity contribution in [3.63, 3.8) is 0 Å². The Hall–Kier alpha value is -4.26. The summed E-state index contributed by atoms with van der Waals surface area (Å²) in [6.07, 6.45) is 13.7. The number of carbonyl (C=O) groups excluding carboxylic acids is 5. The van der Waals surface area contributed by atoms with Gasteiger partial charge in [-0.3, -0.25) is 19.2 Å². The number of rotatable bonds is 7. The van der Waals surface area contributed by atoms with Crippen LogP contribution in [0.3, 0.4) is 0 Å². The topological polar surface area (TPSA) is 219 Å². The smallest absolute Gasteiger partial charge is 0.329 e. The van der Waals surface area contributed by atoms with Crippen LogP contribution >= 0.6 is 0 Å². The fourth-order valence-corrected chi connectivity index (χ4v) is 10.7. The first-order valence-corrected chi connectivity index (χ1v) is 25.0. The standard InChI is InChI=1S/C52H79N5O12/c1-31-16-12-11-13-17-32(2)43(65-8)28-39-21-19-37(7)52(64,69-39)49(61)50(62)56-23-15-14-18-41(56)51(63)68-44(34(4)26-38-20-22-40(45(27-38)66-9)57-54-30-53-55-57)29-42(58)33(3)25-36(6)47(60)48(67-10)46(59)35(5)24-31/h11-13,16-17,25,30-31,34-41,43-45,47-48,60,64H,14-15,18-24,26-29H2,1-10H3/t31?,34-,35+,36?,37-,38+,39+,40+,41+,43+,44+,45-,47-,48+,52-/m1/s1. The van der Waals surface area contributed by atoms with E-state index in [0.29, 0.717) is 56.9 Å². The molecule has 15 atom stereocenters. The third-order valence-electron chi connectivity index (χ3n) is 15.2. The number of aliphatic hydroxyl groups excluding tert-OH is 1. The normalized spacial score (nSPS) is 36.3. The molecule has 2 bridgehead atoms. The van der Waals surface area contributed by atoms with E-state index in [2.05, 4.69) is 15.4 Å². The van der Waals surface area contributed by atoms with Crippen LogP contribution in [0, 0.1) is 35.5 Å². The number of aliphatic hydroxyl groups is 2. The molecule has 3 fully saturated rings. The zero-order chi connectivity index (χ0) is 50.6. The summed E-state index contributed by atoms with van der Waals surface area (Å²) < 4.78 is 29.9. The SMILES string of the molecule is CO[C@H]1C[C@@H]2CC[C@@H](C)[C@@](O)(O2)C(=O)C(=O)N2CCCC[C@H]2C(=O)O[C@H]([C@H](C)C[C@@H]2CC[C@H](n3ncnn3)[C@H](OC)C2)CC(=O)C(C)=CC(C)[C@@H](O)[C@@H](OC)C(=O)[C@@H](C)CC(C)C=CC=CC=C1C. The molecule has 69 heavy (non-hydrogen) atoms. The highest BCUT2D eigenvalue weighted by atomic mass is 16.6. The number of carbonyl (C=O) groups is 5. The predicted molar refractivity (Wildman–Crippen MR) is 256 cm³/mol. The van der Waals surface area contributed by atoms with Gasteiger partial charge in [0.25, 0.3) is 11.7 Å². The van der Waals surface area contributed by atoms with Crippen LogP contribution in [-0.4, -0.2) is 141 Å². The molecule has 2 N–H and O–H groups in total. The average molecular weight is 966 g/mol. The average Bonchev–Trinajstić information content (AvgIpc) is 3.88. The second-order valence-corrected chi connectivity index (χ2v) is 20.4. The number of esters is 1. The number of nitrogens with zero attached hydrogens (tertiary/aromatic N) is 5. The van der Waals surface area contributed by atoms with E-state index < -0.39 is 77.8 Å². The predicted octanol–water partition coefficient (Wildman–Crippen LogP) is 6.05. The van der Waals surface area contributed by atoms with Gasteiger partial charge in [0.05, 0.1) is 30.5 Å². The van der Waals surface area contributed by atoms with Gasteiger partial charge in [0.1, 0.15) is 18.2 Å². The Morgan fingerprint density at radius 3 is 2.33 bits per heavy atom. The number of hydrogen-bond acceptors (Lipinski definition) is 15.